The van der Waals surface area contributed by atoms with Gasteiger partial charge in [0, 0.05) is 19.4 Å². The number of anilines is 1. The van der Waals surface area contributed by atoms with E-state index in [2.05, 4.69) is 15.3 Å². The van der Waals surface area contributed by atoms with Gasteiger partial charge in [-0.1, -0.05) is 22.6 Å². The lowest BCUT2D eigenvalue weighted by atomic mass is 10.2. The summed E-state index contributed by atoms with van der Waals surface area (Å²) in [7, 11) is -2.28. The molecule has 0 spiro atoms. The molecule has 0 aliphatic heterocycles. The van der Waals surface area contributed by atoms with Crippen molar-refractivity contribution in [2.24, 2.45) is 0 Å². The maximum Gasteiger partial charge on any atom is 0.288 e. The van der Waals surface area contributed by atoms with E-state index in [0.717, 1.165) is 46.5 Å². The van der Waals surface area contributed by atoms with Crippen LogP contribution >= 0.6 is 11.3 Å². The van der Waals surface area contributed by atoms with E-state index in [4.69, 9.17) is 0 Å². The first-order chi connectivity index (χ1) is 16.0. The summed E-state index contributed by atoms with van der Waals surface area (Å²) in [6.07, 6.45) is 2.17. The molecule has 34 heavy (non-hydrogen) atoms. The number of nitro groups is 1. The van der Waals surface area contributed by atoms with Crippen LogP contribution in [-0.2, 0) is 16.4 Å². The summed E-state index contributed by atoms with van der Waals surface area (Å²) in [5.74, 6) is -1.67. The van der Waals surface area contributed by atoms with E-state index >= 15 is 0 Å². The van der Waals surface area contributed by atoms with E-state index in [1.165, 1.54) is 24.2 Å². The van der Waals surface area contributed by atoms with Gasteiger partial charge in [0.25, 0.3) is 11.2 Å². The van der Waals surface area contributed by atoms with Crippen molar-refractivity contribution < 1.29 is 22.1 Å². The molecule has 2 aromatic carbocycles. The Bertz CT molecular complexity index is 1600. The minimum absolute atomic E-state index is 0.000259. The first kappa shape index (κ1) is 23.3. The summed E-state index contributed by atoms with van der Waals surface area (Å²) in [5.41, 5.74) is -1.53. The van der Waals surface area contributed by atoms with E-state index in [-0.39, 0.29) is 32.4 Å². The number of halogens is 2. The summed E-state index contributed by atoms with van der Waals surface area (Å²) in [5, 5.41) is 19.1. The van der Waals surface area contributed by atoms with E-state index in [1.54, 1.807) is 0 Å². The van der Waals surface area contributed by atoms with Gasteiger partial charge < -0.3 is 4.90 Å². The van der Waals surface area contributed by atoms with Gasteiger partial charge in [-0.05, 0) is 18.2 Å². The van der Waals surface area contributed by atoms with Crippen LogP contribution in [0.4, 0.5) is 19.6 Å². The molecular weight excluding hydrogens is 494 g/mol. The van der Waals surface area contributed by atoms with Crippen LogP contribution in [0.25, 0.3) is 15.8 Å². The maximum absolute atomic E-state index is 14.0. The van der Waals surface area contributed by atoms with E-state index in [0.29, 0.717) is 0 Å². The van der Waals surface area contributed by atoms with Crippen LogP contribution in [0.1, 0.15) is 5.69 Å². The Labute approximate surface area is 194 Å². The molecule has 0 amide bonds. The Morgan fingerprint density at radius 1 is 1.24 bits per heavy atom. The Morgan fingerprint density at radius 2 is 1.91 bits per heavy atom. The van der Waals surface area contributed by atoms with E-state index in [1.807, 2.05) is 0 Å². The number of non-ortho nitro benzene ring substituents is 1. The standard InChI is InChI=1S/C19H14F2N6O5S2/c1-25(8-10-9-26(24-23-10)16-13(20)4-3-5-14(16)21)19-22-18(28)12-6-11(34(2,31)32)7-15(27(29)30)17(12)33-19/h3-7,9H,8H2,1-2H3. The van der Waals surface area contributed by atoms with Gasteiger partial charge in [-0.2, -0.15) is 4.98 Å². The van der Waals surface area contributed by atoms with Gasteiger partial charge in [0.15, 0.2) is 26.6 Å². The predicted octanol–water partition coefficient (Wildman–Crippen LogP) is 2.46. The zero-order valence-corrected chi connectivity index (χ0v) is 19.1. The molecule has 0 saturated heterocycles. The van der Waals surface area contributed by atoms with Gasteiger partial charge in [0.1, 0.15) is 16.1 Å². The number of benzene rings is 2. The molecule has 0 unspecified atom stereocenters. The molecular formula is C19H14F2N6O5S2. The lowest BCUT2D eigenvalue weighted by Gasteiger charge is -2.15. The van der Waals surface area contributed by atoms with Crippen LogP contribution in [0, 0.1) is 21.7 Å². The second kappa shape index (κ2) is 8.49. The number of fused-ring (bicyclic) bond motifs is 1. The SMILES string of the molecule is CN(Cc1cn(-c2c(F)cccc2F)nn1)c1nc(=O)c2cc(S(C)(=O)=O)cc([N+](=O)[O-])c2s1. The second-order valence-corrected chi connectivity index (χ2v) is 10.2. The van der Waals surface area contributed by atoms with E-state index < -0.39 is 43.3 Å². The molecule has 0 fully saturated rings. The highest BCUT2D eigenvalue weighted by Gasteiger charge is 2.23. The number of nitro benzene ring substituents is 1. The van der Waals surface area contributed by atoms with Crippen molar-refractivity contribution in [3.63, 3.8) is 0 Å². The molecule has 4 aromatic rings. The highest BCUT2D eigenvalue weighted by Crippen LogP contribution is 2.34. The first-order valence-electron chi connectivity index (χ1n) is 9.36. The fourth-order valence-corrected chi connectivity index (χ4v) is 4.81. The van der Waals surface area contributed by atoms with Crippen molar-refractivity contribution in [1.29, 1.82) is 0 Å². The van der Waals surface area contributed by atoms with Crippen LogP contribution in [0.2, 0.25) is 0 Å². The monoisotopic (exact) mass is 508 g/mol. The molecule has 0 bridgehead atoms. The third-order valence-electron chi connectivity index (χ3n) is 4.72. The smallest absolute Gasteiger partial charge is 0.288 e. The van der Waals surface area contributed by atoms with Crippen LogP contribution in [0.3, 0.4) is 0 Å². The number of sulfone groups is 1. The summed E-state index contributed by atoms with van der Waals surface area (Å²) in [4.78, 5) is 28.4. The van der Waals surface area contributed by atoms with Crippen LogP contribution in [0.15, 0.2) is 46.2 Å². The Hall–Kier alpha value is -3.85. The molecule has 0 atom stereocenters. The first-order valence-corrected chi connectivity index (χ1v) is 12.1. The molecule has 0 aliphatic carbocycles. The highest BCUT2D eigenvalue weighted by molar-refractivity contribution is 7.90. The molecule has 15 heteroatoms. The van der Waals surface area contributed by atoms with Crippen molar-refractivity contribution >= 4 is 42.1 Å². The number of hydrogen-bond donors (Lipinski definition) is 0. The predicted molar refractivity (Wildman–Crippen MR) is 119 cm³/mol. The lowest BCUT2D eigenvalue weighted by molar-refractivity contribution is -0.383. The van der Waals surface area contributed by atoms with Crippen molar-refractivity contribution in [3.8, 4) is 5.69 Å². The molecule has 0 N–H and O–H groups in total. The van der Waals surface area contributed by atoms with Crippen molar-refractivity contribution in [2.75, 3.05) is 18.2 Å². The van der Waals surface area contributed by atoms with Crippen LogP contribution in [0.5, 0.6) is 0 Å². The van der Waals surface area contributed by atoms with Crippen molar-refractivity contribution in [2.45, 2.75) is 11.4 Å². The summed E-state index contributed by atoms with van der Waals surface area (Å²) >= 11 is 0.814. The average molecular weight is 508 g/mol. The van der Waals surface area contributed by atoms with E-state index in [9.17, 15) is 32.1 Å². The minimum Gasteiger partial charge on any atom is -0.345 e. The van der Waals surface area contributed by atoms with Gasteiger partial charge in [-0.15, -0.1) is 5.10 Å². The largest absolute Gasteiger partial charge is 0.345 e. The second-order valence-electron chi connectivity index (χ2n) is 7.23. The zero-order chi connectivity index (χ0) is 24.8. The van der Waals surface area contributed by atoms with Crippen LogP contribution < -0.4 is 10.5 Å². The minimum atomic E-state index is -3.81. The van der Waals surface area contributed by atoms with Gasteiger partial charge in [-0.25, -0.2) is 21.9 Å². The molecule has 2 heterocycles. The Morgan fingerprint density at radius 3 is 2.53 bits per heavy atom. The Kier molecular flexibility index (Phi) is 5.82. The van der Waals surface area contributed by atoms with Gasteiger partial charge in [0.2, 0.25) is 0 Å². The molecule has 11 nitrogen and oxygen atoms in total. The third kappa shape index (κ3) is 4.34. The number of rotatable bonds is 6. The lowest BCUT2D eigenvalue weighted by Crippen LogP contribution is -2.20. The number of hydrogen-bond acceptors (Lipinski definition) is 10. The van der Waals surface area contributed by atoms with Crippen molar-refractivity contribution in [1.82, 2.24) is 20.0 Å². The normalized spacial score (nSPS) is 11.6. The molecule has 4 rings (SSSR count). The third-order valence-corrected chi connectivity index (χ3v) is 7.03. The average Bonchev–Trinajstić information content (AvgIpc) is 3.19. The van der Waals surface area contributed by atoms with Gasteiger partial charge in [-0.3, -0.25) is 14.9 Å². The van der Waals surface area contributed by atoms with Crippen molar-refractivity contribution in [3.05, 3.63) is 74.3 Å². The van der Waals surface area contributed by atoms with Gasteiger partial charge >= 0.3 is 0 Å². The highest BCUT2D eigenvalue weighted by atomic mass is 32.2. The number of aromatic nitrogens is 4. The summed E-state index contributed by atoms with van der Waals surface area (Å²) in [6, 6.07) is 5.31. The number of nitrogens with zero attached hydrogens (tertiary/aromatic N) is 6. The molecule has 0 aliphatic rings. The fraction of sp³-hybridized carbons (Fsp3) is 0.158. The molecule has 2 aromatic heterocycles. The summed E-state index contributed by atoms with van der Waals surface area (Å²) in [6.45, 7) is -0.000259. The fourth-order valence-electron chi connectivity index (χ4n) is 3.13. The molecule has 176 valence electrons. The molecule has 0 radical (unpaired) electrons. The summed E-state index contributed by atoms with van der Waals surface area (Å²) < 4.78 is 52.6. The van der Waals surface area contributed by atoms with Gasteiger partial charge in [0.05, 0.1) is 27.9 Å². The van der Waals surface area contributed by atoms with Crippen LogP contribution in [-0.4, -0.2) is 46.6 Å². The topological polar surface area (TPSA) is 141 Å². The Balaban J connectivity index is 1.72. The maximum atomic E-state index is 14.0. The quantitative estimate of drug-likeness (QED) is 0.284. The number of para-hydroxylation sites is 1. The zero-order valence-electron chi connectivity index (χ0n) is 17.5. The molecule has 0 saturated carbocycles.